The van der Waals surface area contributed by atoms with Crippen LogP contribution in [-0.4, -0.2) is 5.78 Å². The van der Waals surface area contributed by atoms with E-state index in [1.54, 1.807) is 6.92 Å². The van der Waals surface area contributed by atoms with Gasteiger partial charge in [0.25, 0.3) is 0 Å². The predicted octanol–water partition coefficient (Wildman–Crippen LogP) is 3.24. The lowest BCUT2D eigenvalue weighted by Gasteiger charge is -1.96. The van der Waals surface area contributed by atoms with Crippen molar-refractivity contribution in [1.82, 2.24) is 0 Å². The molecule has 14 heavy (non-hydrogen) atoms. The molecule has 0 N–H and O–H groups in total. The number of hydrogen-bond acceptors (Lipinski definition) is 1. The zero-order chi connectivity index (χ0) is 10.4. The van der Waals surface area contributed by atoms with Gasteiger partial charge in [0.05, 0.1) is 0 Å². The maximum Gasteiger partial charge on any atom is 0.159 e. The number of carbonyl (C=O) groups excluding carboxylic acids is 1. The number of carbonyl (C=O) groups is 1. The Morgan fingerprint density at radius 2 is 1.86 bits per heavy atom. The predicted molar refractivity (Wildman–Crippen MR) is 59.9 cm³/mol. The molecule has 1 nitrogen and oxygen atoms in total. The lowest BCUT2D eigenvalue weighted by molar-refractivity contribution is -0.113. The lowest BCUT2D eigenvalue weighted by Crippen LogP contribution is -1.92. The summed E-state index contributed by atoms with van der Waals surface area (Å²) in [5.41, 5.74) is 1.79. The van der Waals surface area contributed by atoms with E-state index in [9.17, 15) is 4.79 Å². The van der Waals surface area contributed by atoms with Gasteiger partial charge in [-0.15, -0.1) is 0 Å². The summed E-state index contributed by atoms with van der Waals surface area (Å²) in [5, 5.41) is 0. The normalized spacial score (nSPS) is 12.0. The minimum atomic E-state index is 0.0898. The summed E-state index contributed by atoms with van der Waals surface area (Å²) in [6.45, 7) is 3.48. The van der Waals surface area contributed by atoms with E-state index in [1.807, 2.05) is 55.5 Å². The van der Waals surface area contributed by atoms with Crippen LogP contribution in [0.5, 0.6) is 0 Å². The van der Waals surface area contributed by atoms with Gasteiger partial charge in [-0.2, -0.15) is 0 Å². The van der Waals surface area contributed by atoms with Gasteiger partial charge >= 0.3 is 0 Å². The summed E-state index contributed by atoms with van der Waals surface area (Å²) in [4.78, 5) is 11.2. The van der Waals surface area contributed by atoms with Crippen LogP contribution in [-0.2, 0) is 4.79 Å². The fraction of sp³-hybridized carbons (Fsp3) is 0.154. The summed E-state index contributed by atoms with van der Waals surface area (Å²) >= 11 is 0. The smallest absolute Gasteiger partial charge is 0.159 e. The van der Waals surface area contributed by atoms with Crippen LogP contribution in [0.15, 0.2) is 48.1 Å². The third-order valence-corrected chi connectivity index (χ3v) is 1.87. The van der Waals surface area contributed by atoms with Gasteiger partial charge in [-0.3, -0.25) is 4.79 Å². The van der Waals surface area contributed by atoms with Gasteiger partial charge in [0.15, 0.2) is 5.78 Å². The molecule has 1 aromatic rings. The van der Waals surface area contributed by atoms with Gasteiger partial charge < -0.3 is 0 Å². The van der Waals surface area contributed by atoms with E-state index >= 15 is 0 Å². The number of allylic oxidation sites excluding steroid dienone is 3. The standard InChI is InChI=1S/C13H14O/c1-3-7-13(11(2)14)10-12-8-5-4-6-9-12/h3-10H,1-2H3/b7-3+,13-10+. The Bertz CT molecular complexity index is 358. The molecule has 0 spiro atoms. The Morgan fingerprint density at radius 3 is 2.36 bits per heavy atom. The van der Waals surface area contributed by atoms with Crippen LogP contribution < -0.4 is 0 Å². The Balaban J connectivity index is 2.99. The van der Waals surface area contributed by atoms with Gasteiger partial charge in [0, 0.05) is 5.57 Å². The van der Waals surface area contributed by atoms with E-state index in [2.05, 4.69) is 0 Å². The van der Waals surface area contributed by atoms with Crippen molar-refractivity contribution in [2.75, 3.05) is 0 Å². The fourth-order valence-corrected chi connectivity index (χ4v) is 1.18. The van der Waals surface area contributed by atoms with Gasteiger partial charge in [0.2, 0.25) is 0 Å². The summed E-state index contributed by atoms with van der Waals surface area (Å²) in [7, 11) is 0. The summed E-state index contributed by atoms with van der Waals surface area (Å²) in [6, 6.07) is 9.83. The molecule has 0 unspecified atom stereocenters. The zero-order valence-corrected chi connectivity index (χ0v) is 8.53. The maximum absolute atomic E-state index is 11.2. The molecule has 0 atom stereocenters. The lowest BCUT2D eigenvalue weighted by atomic mass is 10.1. The molecule has 0 radical (unpaired) electrons. The Labute approximate surface area is 84.8 Å². The topological polar surface area (TPSA) is 17.1 Å². The van der Waals surface area contributed by atoms with Gasteiger partial charge in [-0.1, -0.05) is 42.5 Å². The molecular weight excluding hydrogens is 172 g/mol. The molecule has 0 aliphatic rings. The van der Waals surface area contributed by atoms with E-state index in [-0.39, 0.29) is 5.78 Å². The Kier molecular flexibility index (Phi) is 3.86. The minimum absolute atomic E-state index is 0.0898. The number of benzene rings is 1. The van der Waals surface area contributed by atoms with Crippen LogP contribution in [0.1, 0.15) is 19.4 Å². The SMILES string of the molecule is C/C=C/C(=C\c1ccccc1)C(C)=O. The average Bonchev–Trinajstić information content (AvgIpc) is 2.18. The van der Waals surface area contributed by atoms with Gasteiger partial charge in [-0.05, 0) is 25.5 Å². The molecule has 0 aromatic heterocycles. The van der Waals surface area contributed by atoms with Crippen molar-refractivity contribution in [1.29, 1.82) is 0 Å². The van der Waals surface area contributed by atoms with Crippen molar-refractivity contribution in [3.8, 4) is 0 Å². The zero-order valence-electron chi connectivity index (χ0n) is 8.53. The second kappa shape index (κ2) is 5.18. The molecule has 1 aromatic carbocycles. The van der Waals surface area contributed by atoms with Crippen LogP contribution in [0, 0.1) is 0 Å². The number of Topliss-reactive ketones (excluding diaryl/α,β-unsaturated/α-hetero) is 1. The number of hydrogen-bond donors (Lipinski definition) is 0. The molecule has 72 valence electrons. The molecule has 0 heterocycles. The first-order valence-corrected chi connectivity index (χ1v) is 4.64. The first-order chi connectivity index (χ1) is 6.74. The Morgan fingerprint density at radius 1 is 1.21 bits per heavy atom. The quantitative estimate of drug-likeness (QED) is 0.523. The second-order valence-corrected chi connectivity index (χ2v) is 3.07. The van der Waals surface area contributed by atoms with E-state index < -0.39 is 0 Å². The molecular formula is C13H14O. The van der Waals surface area contributed by atoms with E-state index in [1.165, 1.54) is 0 Å². The van der Waals surface area contributed by atoms with Crippen LogP contribution in [0.2, 0.25) is 0 Å². The molecule has 0 bridgehead atoms. The van der Waals surface area contributed by atoms with Crippen LogP contribution in [0.3, 0.4) is 0 Å². The van der Waals surface area contributed by atoms with Crippen LogP contribution >= 0.6 is 0 Å². The average molecular weight is 186 g/mol. The van der Waals surface area contributed by atoms with E-state index in [0.29, 0.717) is 0 Å². The van der Waals surface area contributed by atoms with Gasteiger partial charge in [0.1, 0.15) is 0 Å². The highest BCUT2D eigenvalue weighted by Crippen LogP contribution is 2.08. The van der Waals surface area contributed by atoms with E-state index in [0.717, 1.165) is 11.1 Å². The molecule has 0 saturated heterocycles. The highest BCUT2D eigenvalue weighted by Gasteiger charge is 1.98. The molecule has 1 heteroatoms. The van der Waals surface area contributed by atoms with Crippen molar-refractivity contribution >= 4 is 11.9 Å². The van der Waals surface area contributed by atoms with Crippen molar-refractivity contribution in [2.45, 2.75) is 13.8 Å². The molecule has 1 rings (SSSR count). The summed E-state index contributed by atoms with van der Waals surface area (Å²) in [5.74, 6) is 0.0898. The summed E-state index contributed by atoms with van der Waals surface area (Å²) in [6.07, 6.45) is 5.59. The first-order valence-electron chi connectivity index (χ1n) is 4.64. The molecule has 0 aliphatic heterocycles. The monoisotopic (exact) mass is 186 g/mol. The third kappa shape index (κ3) is 3.02. The maximum atomic E-state index is 11.2. The third-order valence-electron chi connectivity index (χ3n) is 1.87. The second-order valence-electron chi connectivity index (χ2n) is 3.07. The minimum Gasteiger partial charge on any atom is -0.295 e. The summed E-state index contributed by atoms with van der Waals surface area (Å²) < 4.78 is 0. The molecule has 0 aliphatic carbocycles. The van der Waals surface area contributed by atoms with E-state index in [4.69, 9.17) is 0 Å². The van der Waals surface area contributed by atoms with Crippen molar-refractivity contribution < 1.29 is 4.79 Å². The van der Waals surface area contributed by atoms with Crippen molar-refractivity contribution in [3.63, 3.8) is 0 Å². The largest absolute Gasteiger partial charge is 0.295 e. The highest BCUT2D eigenvalue weighted by atomic mass is 16.1. The van der Waals surface area contributed by atoms with Crippen molar-refractivity contribution in [2.24, 2.45) is 0 Å². The first kappa shape index (κ1) is 10.5. The highest BCUT2D eigenvalue weighted by molar-refractivity contribution is 6.00. The van der Waals surface area contributed by atoms with Crippen LogP contribution in [0.25, 0.3) is 6.08 Å². The van der Waals surface area contributed by atoms with Crippen molar-refractivity contribution in [3.05, 3.63) is 53.6 Å². The number of rotatable bonds is 3. The molecule has 0 fully saturated rings. The molecule has 0 amide bonds. The fourth-order valence-electron chi connectivity index (χ4n) is 1.18. The van der Waals surface area contributed by atoms with Gasteiger partial charge in [-0.25, -0.2) is 0 Å². The van der Waals surface area contributed by atoms with Crippen LogP contribution in [0.4, 0.5) is 0 Å². The Hall–Kier alpha value is -1.63. The number of ketones is 1. The molecule has 0 saturated carbocycles.